The topological polar surface area (TPSA) is 97.4 Å². The summed E-state index contributed by atoms with van der Waals surface area (Å²) in [7, 11) is 0. The van der Waals surface area contributed by atoms with Crippen LogP contribution in [0.5, 0.6) is 11.5 Å². The first-order valence-electron chi connectivity index (χ1n) is 22.9. The van der Waals surface area contributed by atoms with Gasteiger partial charge >= 0.3 is 0 Å². The second-order valence-electron chi connectivity index (χ2n) is 18.0. The van der Waals surface area contributed by atoms with Gasteiger partial charge in [-0.25, -0.2) is 0 Å². The fraction of sp³-hybridized carbons (Fsp3) is 0.0164. The number of hydrogen-bond donors (Lipinski definition) is 0. The molecule has 8 heteroatoms. The van der Waals surface area contributed by atoms with Crippen LogP contribution in [0.25, 0.3) is 93.9 Å². The van der Waals surface area contributed by atoms with Gasteiger partial charge in [-0.15, -0.1) is 0 Å². The summed E-state index contributed by atoms with van der Waals surface area (Å²) in [5, 5.41) is 26.5. The molecule has 15 rings (SSSR count). The molecule has 69 heavy (non-hydrogen) atoms. The van der Waals surface area contributed by atoms with Crippen LogP contribution < -0.4 is 4.74 Å². The van der Waals surface area contributed by atoms with Gasteiger partial charge in [0, 0.05) is 72.9 Å². The zero-order chi connectivity index (χ0) is 45.5. The van der Waals surface area contributed by atoms with Gasteiger partial charge in [-0.3, -0.25) is 9.97 Å². The van der Waals surface area contributed by atoms with Crippen LogP contribution in [0.4, 0.5) is 0 Å². The molecule has 5 aromatic heterocycles. The van der Waals surface area contributed by atoms with Crippen LogP contribution in [0.2, 0.25) is 0 Å². The Balaban J connectivity index is 0.995. The van der Waals surface area contributed by atoms with Crippen molar-refractivity contribution in [3.05, 3.63) is 234 Å². The molecule has 0 bridgehead atoms. The van der Waals surface area contributed by atoms with E-state index >= 15 is 0 Å². The second kappa shape index (κ2) is 13.6. The number of pyridine rings is 2. The van der Waals surface area contributed by atoms with Gasteiger partial charge in [-0.2, -0.15) is 10.5 Å². The molecular weight excluding hydrogens is 847 g/mol. The number of nitriles is 2. The Kier molecular flexibility index (Phi) is 7.41. The van der Waals surface area contributed by atoms with E-state index in [4.69, 9.17) is 14.7 Å². The van der Waals surface area contributed by atoms with Gasteiger partial charge < -0.3 is 18.4 Å². The van der Waals surface area contributed by atoms with Crippen molar-refractivity contribution in [2.75, 3.05) is 0 Å². The number of nitrogens with zero attached hydrogens (tertiary/aromatic N) is 7. The molecule has 0 saturated carbocycles. The van der Waals surface area contributed by atoms with E-state index in [1.54, 1.807) is 0 Å². The first-order valence-corrected chi connectivity index (χ1v) is 22.9. The molecule has 0 saturated heterocycles. The van der Waals surface area contributed by atoms with E-state index in [1.165, 1.54) is 10.8 Å². The summed E-state index contributed by atoms with van der Waals surface area (Å²) in [5.41, 5.74) is 15.3. The third kappa shape index (κ3) is 4.88. The molecule has 8 aromatic carbocycles. The average Bonchev–Trinajstić information content (AvgIpc) is 4.12. The number of aromatic nitrogens is 5. The summed E-state index contributed by atoms with van der Waals surface area (Å²) < 4.78 is 14.0. The maximum Gasteiger partial charge on any atom is 0.132 e. The Bertz CT molecular complexity index is 4420. The Morgan fingerprint density at radius 3 is 1.25 bits per heavy atom. The lowest BCUT2D eigenvalue weighted by molar-refractivity contribution is 0.436. The number of rotatable bonds is 3. The van der Waals surface area contributed by atoms with Crippen molar-refractivity contribution in [3.8, 4) is 52.1 Å². The minimum Gasteiger partial charge on any atom is -0.457 e. The van der Waals surface area contributed by atoms with Crippen molar-refractivity contribution in [3.63, 3.8) is 0 Å². The Hall–Kier alpha value is -9.76. The first-order chi connectivity index (χ1) is 34.1. The minimum atomic E-state index is -0.858. The molecule has 1 aliphatic carbocycles. The van der Waals surface area contributed by atoms with Crippen LogP contribution >= 0.6 is 0 Å². The lowest BCUT2D eigenvalue weighted by Gasteiger charge is -2.39. The SMILES string of the molecule is N#Cc1ccc2c(c1)c1ccccc1n2-c1ccc2c(c1)c1cc(C#N)ccc1n2-c1ccc2c(c1)C1(c3cc(-n4c5ccccc5c5ccccc54)ccc3O2)c2cccnc2-c2ncccc21. The van der Waals surface area contributed by atoms with Crippen molar-refractivity contribution >= 4 is 65.4 Å². The zero-order valence-corrected chi connectivity index (χ0v) is 36.6. The van der Waals surface area contributed by atoms with Gasteiger partial charge in [0.05, 0.1) is 73.2 Å². The monoisotopic (exact) mass is 879 g/mol. The molecule has 13 aromatic rings. The summed E-state index contributed by atoms with van der Waals surface area (Å²) in [6, 6.07) is 70.3. The molecule has 1 spiro atoms. The molecule has 2 aliphatic rings. The van der Waals surface area contributed by atoms with Gasteiger partial charge in [0.25, 0.3) is 0 Å². The number of benzene rings is 8. The lowest BCUT2D eigenvalue weighted by Crippen LogP contribution is -2.32. The van der Waals surface area contributed by atoms with E-state index in [0.29, 0.717) is 11.1 Å². The minimum absolute atomic E-state index is 0.584. The molecule has 8 nitrogen and oxygen atoms in total. The molecule has 0 fully saturated rings. The predicted molar refractivity (Wildman–Crippen MR) is 272 cm³/mol. The fourth-order valence-electron chi connectivity index (χ4n) is 11.9. The summed E-state index contributed by atoms with van der Waals surface area (Å²) in [6.07, 6.45) is 3.71. The average molecular weight is 880 g/mol. The summed E-state index contributed by atoms with van der Waals surface area (Å²) >= 11 is 0. The van der Waals surface area contributed by atoms with Gasteiger partial charge in [0.15, 0.2) is 0 Å². The largest absolute Gasteiger partial charge is 0.457 e. The number of ether oxygens (including phenoxy) is 1. The molecule has 0 radical (unpaired) electrons. The van der Waals surface area contributed by atoms with E-state index in [2.05, 4.69) is 165 Å². The highest BCUT2D eigenvalue weighted by Gasteiger charge is 2.52. The van der Waals surface area contributed by atoms with Gasteiger partial charge in [-0.05, 0) is 132 Å². The predicted octanol–water partition coefficient (Wildman–Crippen LogP) is 14.0. The second-order valence-corrected chi connectivity index (χ2v) is 18.0. The van der Waals surface area contributed by atoms with Crippen molar-refractivity contribution < 1.29 is 4.74 Å². The third-order valence-corrected chi connectivity index (χ3v) is 14.6. The summed E-state index contributed by atoms with van der Waals surface area (Å²) in [5.74, 6) is 1.52. The Labute approximate surface area is 394 Å². The van der Waals surface area contributed by atoms with Crippen LogP contribution in [0.15, 0.2) is 200 Å². The third-order valence-electron chi connectivity index (χ3n) is 14.6. The van der Waals surface area contributed by atoms with Crippen LogP contribution in [0.1, 0.15) is 33.4 Å². The highest BCUT2D eigenvalue weighted by molar-refractivity contribution is 6.13. The maximum absolute atomic E-state index is 10.2. The molecule has 1 aliphatic heterocycles. The normalized spacial score (nSPS) is 13.1. The zero-order valence-electron chi connectivity index (χ0n) is 36.6. The number of fused-ring (bicyclic) bond motifs is 18. The van der Waals surface area contributed by atoms with Gasteiger partial charge in [0.1, 0.15) is 11.5 Å². The highest BCUT2D eigenvalue weighted by atomic mass is 16.5. The van der Waals surface area contributed by atoms with Crippen LogP contribution in [-0.2, 0) is 5.41 Å². The standard InChI is InChI=1S/C61H33N7O/c62-34-36-17-22-54-44(29-36)43-11-3-6-16-53(43)66(54)38-19-24-56-46(31-38)45-30-37(35-63)18-23-55(45)68(56)40-21-26-58-50(33-40)61(47-12-7-27-64-59(47)60-48(61)13-8-28-65-60)49-32-39(20-25-57(49)69-58)67-51-14-4-1-9-41(51)42-10-2-5-15-52(42)67/h1-33H. The summed E-state index contributed by atoms with van der Waals surface area (Å²) in [6.45, 7) is 0. The highest BCUT2D eigenvalue weighted by Crippen LogP contribution is 2.62. The van der Waals surface area contributed by atoms with Crippen molar-refractivity contribution in [1.82, 2.24) is 23.7 Å². The van der Waals surface area contributed by atoms with Crippen LogP contribution in [-0.4, -0.2) is 23.7 Å². The van der Waals surface area contributed by atoms with E-state index in [9.17, 15) is 10.5 Å². The van der Waals surface area contributed by atoms with E-state index in [0.717, 1.165) is 117 Å². The number of hydrogen-bond acceptors (Lipinski definition) is 5. The molecule has 0 atom stereocenters. The smallest absolute Gasteiger partial charge is 0.132 e. The molecule has 318 valence electrons. The summed E-state index contributed by atoms with van der Waals surface area (Å²) in [4.78, 5) is 10.1. The van der Waals surface area contributed by atoms with Crippen LogP contribution in [0.3, 0.4) is 0 Å². The molecule has 0 unspecified atom stereocenters. The van der Waals surface area contributed by atoms with E-state index in [1.807, 2.05) is 60.9 Å². The molecule has 6 heterocycles. The van der Waals surface area contributed by atoms with Gasteiger partial charge in [0.2, 0.25) is 0 Å². The van der Waals surface area contributed by atoms with Crippen molar-refractivity contribution in [2.45, 2.75) is 5.41 Å². The quantitative estimate of drug-likeness (QED) is 0.176. The van der Waals surface area contributed by atoms with Gasteiger partial charge in [-0.1, -0.05) is 66.7 Å². The Morgan fingerprint density at radius 2 is 0.754 bits per heavy atom. The van der Waals surface area contributed by atoms with E-state index in [-0.39, 0.29) is 0 Å². The van der Waals surface area contributed by atoms with Crippen molar-refractivity contribution in [2.24, 2.45) is 0 Å². The fourth-order valence-corrected chi connectivity index (χ4v) is 11.9. The lowest BCUT2D eigenvalue weighted by atomic mass is 9.66. The molecular formula is C61H33N7O. The van der Waals surface area contributed by atoms with E-state index < -0.39 is 5.41 Å². The van der Waals surface area contributed by atoms with Crippen LogP contribution in [0, 0.1) is 22.7 Å². The molecule has 0 N–H and O–H groups in total. The maximum atomic E-state index is 10.2. The Morgan fingerprint density at radius 1 is 0.362 bits per heavy atom. The molecule has 0 amide bonds. The van der Waals surface area contributed by atoms with Crippen molar-refractivity contribution in [1.29, 1.82) is 10.5 Å². The first kappa shape index (κ1) is 37.5. The number of para-hydroxylation sites is 3.